The molecule has 2 saturated carbocycles. The van der Waals surface area contributed by atoms with Gasteiger partial charge in [0.05, 0.1) is 6.07 Å². The van der Waals surface area contributed by atoms with Gasteiger partial charge in [0, 0.05) is 26.8 Å². The van der Waals surface area contributed by atoms with E-state index in [1.807, 2.05) is 50.2 Å². The van der Waals surface area contributed by atoms with Crippen molar-refractivity contribution in [1.29, 1.82) is 5.26 Å². The van der Waals surface area contributed by atoms with Crippen molar-refractivity contribution in [2.24, 2.45) is 22.2 Å². The number of carbonyl (C=O) groups is 2. The van der Waals surface area contributed by atoms with Crippen molar-refractivity contribution in [2.75, 3.05) is 0 Å². The number of carbonyl (C=O) groups excluding carboxylic acids is 2. The third kappa shape index (κ3) is 9.21. The first-order chi connectivity index (χ1) is 18.2. The molecule has 39 heavy (non-hydrogen) atoms. The molecule has 2 aliphatic rings. The Morgan fingerprint density at radius 3 is 1.77 bits per heavy atom. The van der Waals surface area contributed by atoms with E-state index in [9.17, 15) is 14.9 Å². The summed E-state index contributed by atoms with van der Waals surface area (Å²) in [5, 5.41) is 18.0. The van der Waals surface area contributed by atoms with E-state index in [4.69, 9.17) is 37.2 Å². The molecule has 0 bridgehead atoms. The van der Waals surface area contributed by atoms with Gasteiger partial charge in [-0.25, -0.2) is 5.26 Å². The molecule has 0 amide bonds. The van der Waals surface area contributed by atoms with Crippen LogP contribution in [0.5, 0.6) is 0 Å². The molecule has 2 fully saturated rings. The van der Waals surface area contributed by atoms with Gasteiger partial charge in [-0.2, -0.15) is 9.47 Å². The smallest absolute Gasteiger partial charge is 0.299 e. The standard InChI is InChI=1S/C15H16ClNO.C14H17ClO.H2O4S/c1-14(2)7-8-15(10-17,13(14)18)9-11-3-5-12(16)6-4-11;1-14(2)8-7-11(13(14)16)9-10-3-5-12(15)6-4-10;1-4-5(2)3/h3-6H,7-9H2,1-2H3;3-6,11H,7-9H2,1-2H3;1H,(H,2,3). The summed E-state index contributed by atoms with van der Waals surface area (Å²) in [6, 6.07) is 17.4. The van der Waals surface area contributed by atoms with Crippen LogP contribution in [-0.4, -0.2) is 25.6 Å². The second-order valence-electron chi connectivity index (χ2n) is 11.3. The highest BCUT2D eigenvalue weighted by atomic mass is 35.5. The number of hydrogen-bond acceptors (Lipinski definition) is 6. The van der Waals surface area contributed by atoms with Crippen LogP contribution in [-0.2, 0) is 38.1 Å². The fourth-order valence-electron chi connectivity index (χ4n) is 5.11. The highest BCUT2D eigenvalue weighted by molar-refractivity contribution is 7.74. The highest BCUT2D eigenvalue weighted by Crippen LogP contribution is 2.47. The molecule has 212 valence electrons. The maximum atomic E-state index is 12.4. The molecular weight excluding hydrogens is 561 g/mol. The lowest BCUT2D eigenvalue weighted by Crippen LogP contribution is -2.33. The number of nitriles is 1. The first-order valence-electron chi connectivity index (χ1n) is 12.6. The summed E-state index contributed by atoms with van der Waals surface area (Å²) in [6.07, 6.45) is 4.83. The largest absolute Gasteiger partial charge is 0.330 e. The second kappa shape index (κ2) is 14.0. The summed E-state index contributed by atoms with van der Waals surface area (Å²) in [5.74, 6) is 0.700. The van der Waals surface area contributed by atoms with Gasteiger partial charge in [-0.05, 0) is 73.9 Å². The van der Waals surface area contributed by atoms with Gasteiger partial charge in [0.25, 0.3) is 0 Å². The molecule has 0 heterocycles. The predicted molar refractivity (Wildman–Crippen MR) is 152 cm³/mol. The minimum absolute atomic E-state index is 0.0763. The molecule has 0 aromatic heterocycles. The van der Waals surface area contributed by atoms with E-state index in [2.05, 4.69) is 24.3 Å². The summed E-state index contributed by atoms with van der Waals surface area (Å²) in [4.78, 5) is 24.5. The highest BCUT2D eigenvalue weighted by Gasteiger charge is 2.52. The maximum Gasteiger partial charge on any atom is 0.330 e. The lowest BCUT2D eigenvalue weighted by molar-refractivity contribution is -0.131. The zero-order chi connectivity index (χ0) is 29.4. The number of benzene rings is 2. The number of Topliss-reactive ketones (excluding diaryl/α,β-unsaturated/α-hetero) is 2. The van der Waals surface area contributed by atoms with Crippen LogP contribution < -0.4 is 0 Å². The van der Waals surface area contributed by atoms with Gasteiger partial charge < -0.3 is 0 Å². The molecule has 3 atom stereocenters. The molecule has 2 aromatic carbocycles. The maximum absolute atomic E-state index is 12.4. The van der Waals surface area contributed by atoms with Gasteiger partial charge in [0.15, 0.2) is 5.78 Å². The number of hydrogen-bond donors (Lipinski definition) is 2. The molecule has 0 saturated heterocycles. The van der Waals surface area contributed by atoms with E-state index in [-0.39, 0.29) is 22.5 Å². The van der Waals surface area contributed by atoms with Crippen molar-refractivity contribution in [3.8, 4) is 6.07 Å². The molecule has 7 nitrogen and oxygen atoms in total. The fourth-order valence-corrected chi connectivity index (χ4v) is 5.36. The summed E-state index contributed by atoms with van der Waals surface area (Å²) in [5.41, 5.74) is 0.865. The minimum atomic E-state index is -2.52. The van der Waals surface area contributed by atoms with Crippen LogP contribution in [0.3, 0.4) is 0 Å². The fraction of sp³-hybridized carbons (Fsp3) is 0.483. The van der Waals surface area contributed by atoms with Gasteiger partial charge in [0.2, 0.25) is 0 Å². The average molecular weight is 597 g/mol. The van der Waals surface area contributed by atoms with E-state index in [1.54, 1.807) is 12.1 Å². The van der Waals surface area contributed by atoms with Gasteiger partial charge >= 0.3 is 11.4 Å². The van der Waals surface area contributed by atoms with E-state index < -0.39 is 16.8 Å². The Labute approximate surface area is 242 Å². The van der Waals surface area contributed by atoms with Crippen molar-refractivity contribution < 1.29 is 27.9 Å². The van der Waals surface area contributed by atoms with E-state index >= 15 is 0 Å². The zero-order valence-electron chi connectivity index (χ0n) is 22.6. The molecule has 3 unspecified atom stereocenters. The number of rotatable bonds is 5. The monoisotopic (exact) mass is 595 g/mol. The molecule has 0 aliphatic heterocycles. The zero-order valence-corrected chi connectivity index (χ0v) is 24.9. The SMILES string of the molecule is CC1(C)CCC(C#N)(Cc2ccc(Cl)cc2)C1=O.CC1(C)CCC(Cc2ccc(Cl)cc2)C1=O.O=S(O)OO. The Bertz CT molecular complexity index is 1210. The number of nitrogens with zero attached hydrogens (tertiary/aromatic N) is 1. The van der Waals surface area contributed by atoms with Crippen LogP contribution in [0.2, 0.25) is 10.0 Å². The molecule has 2 aromatic rings. The van der Waals surface area contributed by atoms with Crippen LogP contribution in [0.25, 0.3) is 0 Å². The Kier molecular flexibility index (Phi) is 11.9. The first kappa shape index (κ1) is 33.1. The van der Waals surface area contributed by atoms with Gasteiger partial charge in [0.1, 0.15) is 11.2 Å². The van der Waals surface area contributed by atoms with Crippen LogP contribution in [0.4, 0.5) is 0 Å². The van der Waals surface area contributed by atoms with Gasteiger partial charge in [-0.3, -0.25) is 14.1 Å². The van der Waals surface area contributed by atoms with Crippen molar-refractivity contribution >= 4 is 46.1 Å². The van der Waals surface area contributed by atoms with Crippen LogP contribution in [0.1, 0.15) is 64.5 Å². The van der Waals surface area contributed by atoms with E-state index in [0.717, 1.165) is 36.3 Å². The van der Waals surface area contributed by atoms with Crippen molar-refractivity contribution in [3.05, 3.63) is 69.7 Å². The molecule has 4 rings (SSSR count). The summed E-state index contributed by atoms with van der Waals surface area (Å²) in [6.45, 7) is 7.96. The third-order valence-corrected chi connectivity index (χ3v) is 8.11. The van der Waals surface area contributed by atoms with E-state index in [1.165, 1.54) is 5.56 Å². The molecule has 2 N–H and O–H groups in total. The van der Waals surface area contributed by atoms with Crippen molar-refractivity contribution in [3.63, 3.8) is 0 Å². The predicted octanol–water partition coefficient (Wildman–Crippen LogP) is 7.28. The third-order valence-electron chi connectivity index (χ3n) is 7.47. The molecule has 2 aliphatic carbocycles. The van der Waals surface area contributed by atoms with Crippen molar-refractivity contribution in [1.82, 2.24) is 0 Å². The summed E-state index contributed by atoms with van der Waals surface area (Å²) in [7, 11) is 0. The topological polar surface area (TPSA) is 125 Å². The average Bonchev–Trinajstić information content (AvgIpc) is 3.29. The lowest BCUT2D eigenvalue weighted by Gasteiger charge is -2.22. The normalized spacial score (nSPS) is 23.6. The van der Waals surface area contributed by atoms with Crippen molar-refractivity contribution in [2.45, 2.75) is 66.2 Å². The van der Waals surface area contributed by atoms with Gasteiger partial charge in [-0.15, -0.1) is 4.33 Å². The molecule has 10 heteroatoms. The first-order valence-corrected chi connectivity index (χ1v) is 14.4. The Balaban J connectivity index is 0.000000235. The van der Waals surface area contributed by atoms with E-state index in [0.29, 0.717) is 23.6 Å². The molecule has 0 radical (unpaired) electrons. The van der Waals surface area contributed by atoms with Crippen LogP contribution in [0, 0.1) is 33.5 Å². The summed E-state index contributed by atoms with van der Waals surface area (Å²) >= 11 is 9.16. The Morgan fingerprint density at radius 2 is 1.41 bits per heavy atom. The lowest BCUT2D eigenvalue weighted by atomic mass is 9.77. The number of ketones is 2. The van der Waals surface area contributed by atoms with Crippen LogP contribution in [0.15, 0.2) is 48.5 Å². The van der Waals surface area contributed by atoms with Gasteiger partial charge in [-0.1, -0.05) is 75.2 Å². The van der Waals surface area contributed by atoms with Crippen LogP contribution >= 0.6 is 23.2 Å². The second-order valence-corrected chi connectivity index (χ2v) is 12.8. The Morgan fingerprint density at radius 1 is 0.923 bits per heavy atom. The summed E-state index contributed by atoms with van der Waals surface area (Å²) < 4.78 is 19.1. The Hall–Kier alpha value is -2.12. The molecular formula is C29H35Cl2NO6S. The molecule has 0 spiro atoms. The number of halogens is 2. The quantitative estimate of drug-likeness (QED) is 0.211. The minimum Gasteiger partial charge on any atom is -0.299 e.